The van der Waals surface area contributed by atoms with Gasteiger partial charge >= 0.3 is 6.36 Å². The number of benzene rings is 1. The van der Waals surface area contributed by atoms with Gasteiger partial charge in [0.05, 0.1) is 6.04 Å². The molecule has 8 heteroatoms. The summed E-state index contributed by atoms with van der Waals surface area (Å²) in [6, 6.07) is 5.28. The molecule has 0 fully saturated rings. The molecule has 0 aliphatic rings. The average Bonchev–Trinajstić information content (AvgIpc) is 2.77. The summed E-state index contributed by atoms with van der Waals surface area (Å²) < 4.78 is 41.0. The third kappa shape index (κ3) is 3.72. The number of hydrazine groups is 1. The zero-order valence-electron chi connectivity index (χ0n) is 9.95. The molecule has 2 aromatic rings. The van der Waals surface area contributed by atoms with E-state index >= 15 is 0 Å². The first kappa shape index (κ1) is 15.3. The van der Waals surface area contributed by atoms with Crippen molar-refractivity contribution >= 4 is 27.3 Å². The molecule has 3 N–H and O–H groups in total. The quantitative estimate of drug-likeness (QED) is 0.635. The van der Waals surface area contributed by atoms with Crippen molar-refractivity contribution in [3.63, 3.8) is 0 Å². The Balaban J connectivity index is 2.22. The maximum absolute atomic E-state index is 12.1. The molecule has 3 nitrogen and oxygen atoms in total. The van der Waals surface area contributed by atoms with Crippen molar-refractivity contribution in [3.8, 4) is 5.75 Å². The third-order valence-corrected chi connectivity index (χ3v) is 4.32. The molecule has 0 bridgehead atoms. The second kappa shape index (κ2) is 6.13. The predicted octanol–water partition coefficient (Wildman–Crippen LogP) is 3.96. The van der Waals surface area contributed by atoms with Crippen molar-refractivity contribution in [1.82, 2.24) is 5.43 Å². The van der Waals surface area contributed by atoms with E-state index in [0.717, 1.165) is 15.6 Å². The van der Waals surface area contributed by atoms with Crippen LogP contribution in [0.15, 0.2) is 39.5 Å². The van der Waals surface area contributed by atoms with Gasteiger partial charge in [-0.15, -0.1) is 13.2 Å². The monoisotopic (exact) mass is 366 g/mol. The molecule has 0 aliphatic carbocycles. The van der Waals surface area contributed by atoms with E-state index in [1.165, 1.54) is 35.6 Å². The van der Waals surface area contributed by atoms with E-state index in [9.17, 15) is 13.2 Å². The van der Waals surface area contributed by atoms with E-state index in [4.69, 9.17) is 5.84 Å². The summed E-state index contributed by atoms with van der Waals surface area (Å²) >= 11 is 4.90. The van der Waals surface area contributed by atoms with Crippen LogP contribution in [0.2, 0.25) is 0 Å². The topological polar surface area (TPSA) is 47.3 Å². The number of rotatable bonds is 4. The summed E-state index contributed by atoms with van der Waals surface area (Å²) in [6.07, 6.45) is -4.69. The van der Waals surface area contributed by atoms with Gasteiger partial charge < -0.3 is 4.74 Å². The molecular weight excluding hydrogens is 357 g/mol. The van der Waals surface area contributed by atoms with Crippen molar-refractivity contribution in [1.29, 1.82) is 0 Å². The highest BCUT2D eigenvalue weighted by Gasteiger charge is 2.31. The first-order valence-corrected chi connectivity index (χ1v) is 7.17. The Kier molecular flexibility index (Phi) is 4.69. The highest BCUT2D eigenvalue weighted by molar-refractivity contribution is 9.10. The van der Waals surface area contributed by atoms with Crippen molar-refractivity contribution in [3.05, 3.63) is 50.6 Å². The van der Waals surface area contributed by atoms with Crippen LogP contribution < -0.4 is 16.0 Å². The zero-order valence-corrected chi connectivity index (χ0v) is 12.3. The Morgan fingerprint density at radius 1 is 1.20 bits per heavy atom. The SMILES string of the molecule is NNC(c1ccc(OC(F)(F)F)cc1)c1cscc1Br. The van der Waals surface area contributed by atoms with Gasteiger partial charge in [0.15, 0.2) is 0 Å². The number of nitrogens with two attached hydrogens (primary N) is 1. The first-order valence-electron chi connectivity index (χ1n) is 5.44. The Hall–Kier alpha value is -1.09. The first-order chi connectivity index (χ1) is 9.40. The van der Waals surface area contributed by atoms with Crippen molar-refractivity contribution in [2.24, 2.45) is 5.84 Å². The van der Waals surface area contributed by atoms with Gasteiger partial charge in [0.1, 0.15) is 5.75 Å². The summed E-state index contributed by atoms with van der Waals surface area (Å²) in [5.74, 6) is 5.26. The minimum atomic E-state index is -4.69. The van der Waals surface area contributed by atoms with Crippen LogP contribution in [0.25, 0.3) is 0 Å². The zero-order chi connectivity index (χ0) is 14.8. The molecule has 0 aliphatic heterocycles. The highest BCUT2D eigenvalue weighted by Crippen LogP contribution is 2.32. The average molecular weight is 367 g/mol. The van der Waals surface area contributed by atoms with Crippen LogP contribution in [0.3, 0.4) is 0 Å². The molecule has 1 aromatic carbocycles. The normalized spacial score (nSPS) is 13.2. The van der Waals surface area contributed by atoms with Gasteiger partial charge in [-0.25, -0.2) is 5.43 Å². The van der Waals surface area contributed by atoms with Gasteiger partial charge in [-0.1, -0.05) is 12.1 Å². The van der Waals surface area contributed by atoms with Crippen LogP contribution in [0.4, 0.5) is 13.2 Å². The molecule has 0 saturated heterocycles. The lowest BCUT2D eigenvalue weighted by molar-refractivity contribution is -0.274. The molecule has 2 rings (SSSR count). The van der Waals surface area contributed by atoms with Gasteiger partial charge in [-0.2, -0.15) is 11.3 Å². The number of ether oxygens (including phenoxy) is 1. The molecule has 0 saturated carbocycles. The van der Waals surface area contributed by atoms with Crippen LogP contribution in [0, 0.1) is 0 Å². The molecule has 1 heterocycles. The number of nitrogens with one attached hydrogen (secondary N) is 1. The third-order valence-electron chi connectivity index (χ3n) is 2.57. The van der Waals surface area contributed by atoms with Gasteiger partial charge in [0.2, 0.25) is 0 Å². The van der Waals surface area contributed by atoms with Crippen molar-refractivity contribution in [2.45, 2.75) is 12.4 Å². The summed E-state index contributed by atoms with van der Waals surface area (Å²) in [7, 11) is 0. The van der Waals surface area contributed by atoms with Crippen LogP contribution in [-0.4, -0.2) is 6.36 Å². The molecule has 108 valence electrons. The molecule has 1 atom stereocenters. The summed E-state index contributed by atoms with van der Waals surface area (Å²) in [5.41, 5.74) is 4.30. The van der Waals surface area contributed by atoms with Crippen LogP contribution in [-0.2, 0) is 0 Å². The largest absolute Gasteiger partial charge is 0.573 e. The molecule has 0 spiro atoms. The lowest BCUT2D eigenvalue weighted by Gasteiger charge is -2.17. The van der Waals surface area contributed by atoms with Gasteiger partial charge in [-0.3, -0.25) is 5.84 Å². The van der Waals surface area contributed by atoms with E-state index in [-0.39, 0.29) is 11.8 Å². The second-order valence-electron chi connectivity index (χ2n) is 3.89. The Bertz CT molecular complexity index is 571. The summed E-state index contributed by atoms with van der Waals surface area (Å²) in [6.45, 7) is 0. The summed E-state index contributed by atoms with van der Waals surface area (Å²) in [5, 5.41) is 3.82. The van der Waals surface area contributed by atoms with Gasteiger partial charge in [0.25, 0.3) is 0 Å². The standard InChI is InChI=1S/C12H10BrF3N2OS/c13-10-6-20-5-9(10)11(18-17)7-1-3-8(4-2-7)19-12(14,15)16/h1-6,11,18H,17H2. The Labute approximate surface area is 125 Å². The fourth-order valence-corrected chi connectivity index (χ4v) is 3.28. The maximum atomic E-state index is 12.1. The lowest BCUT2D eigenvalue weighted by Crippen LogP contribution is -2.28. The van der Waals surface area contributed by atoms with E-state index < -0.39 is 6.36 Å². The Morgan fingerprint density at radius 3 is 2.30 bits per heavy atom. The maximum Gasteiger partial charge on any atom is 0.573 e. The van der Waals surface area contributed by atoms with E-state index in [2.05, 4.69) is 26.1 Å². The molecular formula is C12H10BrF3N2OS. The summed E-state index contributed by atoms with van der Waals surface area (Å²) in [4.78, 5) is 0. The molecule has 0 amide bonds. The molecule has 0 radical (unpaired) electrons. The molecule has 1 unspecified atom stereocenters. The smallest absolute Gasteiger partial charge is 0.406 e. The minimum Gasteiger partial charge on any atom is -0.406 e. The van der Waals surface area contributed by atoms with E-state index in [0.29, 0.717) is 0 Å². The molecule has 20 heavy (non-hydrogen) atoms. The number of thiophene rings is 1. The predicted molar refractivity (Wildman–Crippen MR) is 74.3 cm³/mol. The van der Waals surface area contributed by atoms with E-state index in [1.54, 1.807) is 0 Å². The van der Waals surface area contributed by atoms with Gasteiger partial charge in [-0.05, 0) is 44.6 Å². The number of hydrogen-bond donors (Lipinski definition) is 2. The highest BCUT2D eigenvalue weighted by atomic mass is 79.9. The number of hydrogen-bond acceptors (Lipinski definition) is 4. The van der Waals surface area contributed by atoms with E-state index in [1.807, 2.05) is 10.8 Å². The second-order valence-corrected chi connectivity index (χ2v) is 5.49. The van der Waals surface area contributed by atoms with Crippen LogP contribution >= 0.6 is 27.3 Å². The van der Waals surface area contributed by atoms with Crippen molar-refractivity contribution in [2.75, 3.05) is 0 Å². The lowest BCUT2D eigenvalue weighted by atomic mass is 10.0. The number of alkyl halides is 3. The van der Waals surface area contributed by atoms with Crippen LogP contribution in [0.5, 0.6) is 5.75 Å². The van der Waals surface area contributed by atoms with Crippen LogP contribution in [0.1, 0.15) is 17.2 Å². The minimum absolute atomic E-state index is 0.263. The fourth-order valence-electron chi connectivity index (χ4n) is 1.72. The van der Waals surface area contributed by atoms with Gasteiger partial charge in [0, 0.05) is 9.85 Å². The Morgan fingerprint density at radius 2 is 1.85 bits per heavy atom. The van der Waals surface area contributed by atoms with Crippen molar-refractivity contribution < 1.29 is 17.9 Å². The fraction of sp³-hybridized carbons (Fsp3) is 0.167. The number of halogens is 4. The molecule has 1 aromatic heterocycles.